The molecule has 0 bridgehead atoms. The van der Waals surface area contributed by atoms with Gasteiger partial charge in [0, 0.05) is 30.7 Å². The highest BCUT2D eigenvalue weighted by atomic mass is 32.2. The maximum atomic E-state index is 12.8. The van der Waals surface area contributed by atoms with Gasteiger partial charge in [0.2, 0.25) is 10.0 Å². The summed E-state index contributed by atoms with van der Waals surface area (Å²) in [6, 6.07) is 12.9. The molecule has 4 aromatic rings. The van der Waals surface area contributed by atoms with Gasteiger partial charge in [-0.15, -0.1) is 5.10 Å². The summed E-state index contributed by atoms with van der Waals surface area (Å²) in [4.78, 5) is 14.1. The van der Waals surface area contributed by atoms with E-state index >= 15 is 0 Å². The van der Waals surface area contributed by atoms with Crippen LogP contribution in [0.3, 0.4) is 0 Å². The Morgan fingerprint density at radius 1 is 1.17 bits per heavy atom. The van der Waals surface area contributed by atoms with Crippen molar-refractivity contribution in [1.29, 1.82) is 0 Å². The minimum absolute atomic E-state index is 0.0386. The topological polar surface area (TPSA) is 136 Å². The molecule has 0 aliphatic carbocycles. The standard InChI is InChI=1S/C26H32N6O3S/c1-6-32-21-12-11-20(17(3)24(21)30-31-32)23(26(4,5)27)18-10-9-16(2)19(14-18)15-29-36(34,35)22-8-7-13-28-25(22)33/h7-14,23,29H,6,15,27H2,1-5H3,(H,28,33)/t23-/m0/s1. The summed E-state index contributed by atoms with van der Waals surface area (Å²) < 4.78 is 30.0. The fourth-order valence-corrected chi connectivity index (χ4v) is 5.73. The monoisotopic (exact) mass is 508 g/mol. The number of aryl methyl sites for hydroxylation is 3. The van der Waals surface area contributed by atoms with Crippen LogP contribution in [0.25, 0.3) is 11.0 Å². The molecule has 2 heterocycles. The molecule has 10 heteroatoms. The molecule has 0 saturated heterocycles. The molecule has 2 aromatic carbocycles. The Kier molecular flexibility index (Phi) is 6.87. The number of hydrogen-bond acceptors (Lipinski definition) is 6. The number of pyridine rings is 1. The normalized spacial score (nSPS) is 13.3. The molecule has 1 atom stereocenters. The average molecular weight is 509 g/mol. The van der Waals surface area contributed by atoms with Crippen molar-refractivity contribution in [3.8, 4) is 0 Å². The van der Waals surface area contributed by atoms with E-state index in [0.29, 0.717) is 0 Å². The van der Waals surface area contributed by atoms with Crippen molar-refractivity contribution in [2.24, 2.45) is 5.73 Å². The fraction of sp³-hybridized carbons (Fsp3) is 0.346. The third kappa shape index (κ3) is 4.84. The number of nitrogens with one attached hydrogen (secondary N) is 2. The molecule has 4 N–H and O–H groups in total. The van der Waals surface area contributed by atoms with Crippen molar-refractivity contribution >= 4 is 21.1 Å². The lowest BCUT2D eigenvalue weighted by molar-refractivity contribution is 0.455. The highest BCUT2D eigenvalue weighted by Crippen LogP contribution is 2.37. The van der Waals surface area contributed by atoms with E-state index in [1.165, 1.54) is 18.3 Å². The predicted molar refractivity (Wildman–Crippen MR) is 140 cm³/mol. The first-order valence-corrected chi connectivity index (χ1v) is 13.3. The van der Waals surface area contributed by atoms with Gasteiger partial charge < -0.3 is 10.7 Å². The Balaban J connectivity index is 1.73. The van der Waals surface area contributed by atoms with E-state index in [1.54, 1.807) is 0 Å². The number of sulfonamides is 1. The summed E-state index contributed by atoms with van der Waals surface area (Å²) in [7, 11) is -3.99. The Morgan fingerprint density at radius 2 is 1.92 bits per heavy atom. The highest BCUT2D eigenvalue weighted by Gasteiger charge is 2.31. The molecule has 2 aromatic heterocycles. The van der Waals surface area contributed by atoms with Gasteiger partial charge in [-0.2, -0.15) is 0 Å². The third-order valence-electron chi connectivity index (χ3n) is 6.57. The van der Waals surface area contributed by atoms with Crippen LogP contribution in [0.2, 0.25) is 0 Å². The summed E-state index contributed by atoms with van der Waals surface area (Å²) in [6.45, 7) is 10.7. The summed E-state index contributed by atoms with van der Waals surface area (Å²) in [6.07, 6.45) is 1.39. The lowest BCUT2D eigenvalue weighted by Gasteiger charge is -2.33. The van der Waals surface area contributed by atoms with Gasteiger partial charge in [-0.3, -0.25) is 4.79 Å². The quantitative estimate of drug-likeness (QED) is 0.335. The van der Waals surface area contributed by atoms with Crippen LogP contribution in [0.5, 0.6) is 0 Å². The fourth-order valence-electron chi connectivity index (χ4n) is 4.67. The molecule has 0 amide bonds. The molecule has 0 aliphatic rings. The molecule has 0 fully saturated rings. The SMILES string of the molecule is CCn1nnc2c(C)c([C@H](c3ccc(C)c(CNS(=O)(=O)c4ccc[nH]c4=O)c3)C(C)(C)N)ccc21. The van der Waals surface area contributed by atoms with Crippen molar-refractivity contribution < 1.29 is 8.42 Å². The average Bonchev–Trinajstić information content (AvgIpc) is 3.24. The number of nitrogens with two attached hydrogens (primary N) is 1. The summed E-state index contributed by atoms with van der Waals surface area (Å²) in [5.41, 5.74) is 12.0. The first-order chi connectivity index (χ1) is 16.9. The Morgan fingerprint density at radius 3 is 2.58 bits per heavy atom. The molecule has 0 unspecified atom stereocenters. The van der Waals surface area contributed by atoms with Gasteiger partial charge in [-0.05, 0) is 80.6 Å². The van der Waals surface area contributed by atoms with E-state index in [9.17, 15) is 13.2 Å². The minimum Gasteiger partial charge on any atom is -0.328 e. The predicted octanol–water partition coefficient (Wildman–Crippen LogP) is 3.10. The molecule has 36 heavy (non-hydrogen) atoms. The van der Waals surface area contributed by atoms with Gasteiger partial charge in [-0.25, -0.2) is 17.8 Å². The van der Waals surface area contributed by atoms with Crippen molar-refractivity contribution in [2.75, 3.05) is 0 Å². The molecule has 0 spiro atoms. The second kappa shape index (κ2) is 9.61. The summed E-state index contributed by atoms with van der Waals surface area (Å²) >= 11 is 0. The zero-order valence-electron chi connectivity index (χ0n) is 21.2. The van der Waals surface area contributed by atoms with Crippen LogP contribution in [-0.4, -0.2) is 33.9 Å². The van der Waals surface area contributed by atoms with Crippen LogP contribution in [0.4, 0.5) is 0 Å². The van der Waals surface area contributed by atoms with Crippen LogP contribution < -0.4 is 16.0 Å². The molecule has 0 saturated carbocycles. The second-order valence-electron chi connectivity index (χ2n) is 9.68. The Labute approximate surface area is 210 Å². The number of fused-ring (bicyclic) bond motifs is 1. The van der Waals surface area contributed by atoms with E-state index in [4.69, 9.17) is 5.73 Å². The van der Waals surface area contributed by atoms with Gasteiger partial charge >= 0.3 is 0 Å². The number of hydrogen-bond donors (Lipinski definition) is 3. The molecule has 4 rings (SSSR count). The highest BCUT2D eigenvalue weighted by molar-refractivity contribution is 7.89. The smallest absolute Gasteiger partial charge is 0.268 e. The summed E-state index contributed by atoms with van der Waals surface area (Å²) in [5, 5.41) is 8.66. The summed E-state index contributed by atoms with van der Waals surface area (Å²) in [5.74, 6) is -0.179. The van der Waals surface area contributed by atoms with Crippen molar-refractivity contribution in [2.45, 2.75) is 64.1 Å². The zero-order valence-corrected chi connectivity index (χ0v) is 22.0. The number of benzene rings is 2. The Bertz CT molecular complexity index is 1580. The minimum atomic E-state index is -3.99. The second-order valence-corrected chi connectivity index (χ2v) is 11.4. The molecule has 9 nitrogen and oxygen atoms in total. The first kappa shape index (κ1) is 25.7. The number of aromatic amines is 1. The maximum Gasteiger partial charge on any atom is 0.268 e. The van der Waals surface area contributed by atoms with Crippen LogP contribution in [0.15, 0.2) is 58.4 Å². The van der Waals surface area contributed by atoms with E-state index < -0.39 is 21.1 Å². The largest absolute Gasteiger partial charge is 0.328 e. The van der Waals surface area contributed by atoms with Gasteiger partial charge in [-0.1, -0.05) is 29.5 Å². The van der Waals surface area contributed by atoms with E-state index in [2.05, 4.69) is 26.1 Å². The van der Waals surface area contributed by atoms with Gasteiger partial charge in [0.15, 0.2) is 0 Å². The van der Waals surface area contributed by atoms with Crippen molar-refractivity contribution in [1.82, 2.24) is 24.7 Å². The third-order valence-corrected chi connectivity index (χ3v) is 7.99. The van der Waals surface area contributed by atoms with Gasteiger partial charge in [0.05, 0.1) is 5.52 Å². The van der Waals surface area contributed by atoms with E-state index in [1.807, 2.05) is 63.6 Å². The first-order valence-electron chi connectivity index (χ1n) is 11.8. The lowest BCUT2D eigenvalue weighted by Crippen LogP contribution is -2.40. The Hall–Kier alpha value is -3.34. The van der Waals surface area contributed by atoms with Crippen LogP contribution >= 0.6 is 0 Å². The lowest BCUT2D eigenvalue weighted by atomic mass is 9.75. The molecular formula is C26H32N6O3S. The number of H-pyrrole nitrogens is 1. The van der Waals surface area contributed by atoms with Crippen molar-refractivity contribution in [3.63, 3.8) is 0 Å². The van der Waals surface area contributed by atoms with Gasteiger partial charge in [0.25, 0.3) is 5.56 Å². The molecular weight excluding hydrogens is 476 g/mol. The number of rotatable bonds is 8. The van der Waals surface area contributed by atoms with Crippen LogP contribution in [0.1, 0.15) is 54.5 Å². The van der Waals surface area contributed by atoms with Crippen LogP contribution in [0, 0.1) is 13.8 Å². The van der Waals surface area contributed by atoms with Crippen molar-refractivity contribution in [3.05, 3.63) is 86.8 Å². The zero-order chi connectivity index (χ0) is 26.3. The maximum absolute atomic E-state index is 12.8. The molecule has 190 valence electrons. The molecule has 0 aliphatic heterocycles. The molecule has 0 radical (unpaired) electrons. The van der Waals surface area contributed by atoms with Crippen LogP contribution in [-0.2, 0) is 23.1 Å². The van der Waals surface area contributed by atoms with E-state index in [-0.39, 0.29) is 17.4 Å². The number of aromatic nitrogens is 4. The van der Waals surface area contributed by atoms with E-state index in [0.717, 1.165) is 45.4 Å². The number of nitrogens with zero attached hydrogens (tertiary/aromatic N) is 3. The van der Waals surface area contributed by atoms with Gasteiger partial charge in [0.1, 0.15) is 10.4 Å².